The lowest BCUT2D eigenvalue weighted by Crippen LogP contribution is -2.10. The highest BCUT2D eigenvalue weighted by Crippen LogP contribution is 2.35. The van der Waals surface area contributed by atoms with Crippen molar-refractivity contribution in [3.8, 4) is 34.0 Å². The highest BCUT2D eigenvalue weighted by atomic mass is 16.5. The number of fused-ring (bicyclic) bond motifs is 1. The number of carbonyl (C=O) groups is 1. The molecule has 0 fully saturated rings. The second kappa shape index (κ2) is 9.84. The molecule has 4 rings (SSSR count). The minimum absolute atomic E-state index is 0.0662. The summed E-state index contributed by atoms with van der Waals surface area (Å²) in [5, 5.41) is 9.35. The van der Waals surface area contributed by atoms with Crippen LogP contribution in [-0.2, 0) is 4.79 Å². The van der Waals surface area contributed by atoms with E-state index in [-0.39, 0.29) is 17.2 Å². The Bertz CT molecular complexity index is 1480. The Kier molecular flexibility index (Phi) is 6.68. The molecule has 0 unspecified atom stereocenters. The first-order valence-electron chi connectivity index (χ1n) is 11.2. The molecule has 0 spiro atoms. The van der Waals surface area contributed by atoms with Crippen molar-refractivity contribution in [1.29, 1.82) is 0 Å². The number of ether oxygens (including phenoxy) is 2. The zero-order valence-electron chi connectivity index (χ0n) is 19.9. The molecule has 0 aliphatic carbocycles. The zero-order chi connectivity index (χ0) is 25.1. The standard InChI is InChI=1S/C26H26N4O5/c1-5-34-21-12-17(6-8-19(21)23-29-24-22(25(31)30-23)27-13-28-24)16-7-9-20(35-14(2)3)18(11-16)10-15(4)26(32)33/h6-14H,5H2,1-4H3,(H,32,33)(H2,27,28,29,30,31)/b15-10+. The smallest absolute Gasteiger partial charge is 0.331 e. The van der Waals surface area contributed by atoms with Crippen LogP contribution in [0, 0.1) is 0 Å². The number of aromatic amines is 2. The molecule has 9 nitrogen and oxygen atoms in total. The Morgan fingerprint density at radius 2 is 1.89 bits per heavy atom. The summed E-state index contributed by atoms with van der Waals surface area (Å²) < 4.78 is 11.8. The molecule has 0 radical (unpaired) electrons. The molecule has 0 atom stereocenters. The van der Waals surface area contributed by atoms with Crippen LogP contribution in [0.15, 0.2) is 53.1 Å². The van der Waals surface area contributed by atoms with E-state index >= 15 is 0 Å². The van der Waals surface area contributed by atoms with E-state index < -0.39 is 5.97 Å². The summed E-state index contributed by atoms with van der Waals surface area (Å²) in [5.74, 6) is 0.500. The van der Waals surface area contributed by atoms with E-state index in [1.807, 2.05) is 57.2 Å². The van der Waals surface area contributed by atoms with E-state index in [1.54, 1.807) is 13.0 Å². The Hall–Kier alpha value is -4.40. The van der Waals surface area contributed by atoms with Crippen LogP contribution in [0.4, 0.5) is 0 Å². The zero-order valence-corrected chi connectivity index (χ0v) is 19.9. The van der Waals surface area contributed by atoms with E-state index in [1.165, 1.54) is 6.33 Å². The fourth-order valence-electron chi connectivity index (χ4n) is 3.64. The maximum atomic E-state index is 12.4. The van der Waals surface area contributed by atoms with Crippen molar-refractivity contribution in [2.24, 2.45) is 0 Å². The van der Waals surface area contributed by atoms with Crippen molar-refractivity contribution in [3.63, 3.8) is 0 Å². The first kappa shape index (κ1) is 23.7. The number of nitrogens with zero attached hydrogens (tertiary/aromatic N) is 2. The molecule has 0 saturated heterocycles. The quantitative estimate of drug-likeness (QED) is 0.317. The first-order chi connectivity index (χ1) is 16.8. The molecule has 4 aromatic rings. The maximum Gasteiger partial charge on any atom is 0.331 e. The van der Waals surface area contributed by atoms with Crippen LogP contribution in [0.25, 0.3) is 39.8 Å². The highest BCUT2D eigenvalue weighted by Gasteiger charge is 2.15. The summed E-state index contributed by atoms with van der Waals surface area (Å²) >= 11 is 0. The molecule has 0 aliphatic heterocycles. The van der Waals surface area contributed by atoms with Gasteiger partial charge >= 0.3 is 5.97 Å². The van der Waals surface area contributed by atoms with Gasteiger partial charge in [0.2, 0.25) is 0 Å². The largest absolute Gasteiger partial charge is 0.493 e. The van der Waals surface area contributed by atoms with Crippen molar-refractivity contribution in [2.75, 3.05) is 6.61 Å². The predicted molar refractivity (Wildman–Crippen MR) is 134 cm³/mol. The number of aliphatic carboxylic acids is 1. The molecule has 9 heteroatoms. The van der Waals surface area contributed by atoms with E-state index in [0.717, 1.165) is 11.1 Å². The average Bonchev–Trinajstić information content (AvgIpc) is 3.29. The number of rotatable bonds is 8. The number of H-pyrrole nitrogens is 2. The van der Waals surface area contributed by atoms with E-state index in [0.29, 0.717) is 46.2 Å². The Morgan fingerprint density at radius 1 is 1.14 bits per heavy atom. The third-order valence-electron chi connectivity index (χ3n) is 5.25. The van der Waals surface area contributed by atoms with E-state index in [2.05, 4.69) is 19.9 Å². The number of hydrogen-bond donors (Lipinski definition) is 3. The van der Waals surface area contributed by atoms with Crippen molar-refractivity contribution >= 4 is 23.2 Å². The van der Waals surface area contributed by atoms with E-state index in [9.17, 15) is 14.7 Å². The fourth-order valence-corrected chi connectivity index (χ4v) is 3.64. The minimum atomic E-state index is -0.996. The van der Waals surface area contributed by atoms with Gasteiger partial charge in [-0.15, -0.1) is 0 Å². The summed E-state index contributed by atoms with van der Waals surface area (Å²) in [7, 11) is 0. The molecule has 2 aromatic carbocycles. The first-order valence-corrected chi connectivity index (χ1v) is 11.2. The van der Waals surface area contributed by atoms with Crippen molar-refractivity contribution in [3.05, 3.63) is 64.2 Å². The summed E-state index contributed by atoms with van der Waals surface area (Å²) in [5.41, 5.74) is 3.49. The summed E-state index contributed by atoms with van der Waals surface area (Å²) in [6.07, 6.45) is 2.95. The molecule has 180 valence electrons. The van der Waals surface area contributed by atoms with Gasteiger partial charge in [-0.2, -0.15) is 0 Å². The fraction of sp³-hybridized carbons (Fsp3) is 0.231. The number of hydrogen-bond acceptors (Lipinski definition) is 6. The number of carboxylic acid groups (broad SMARTS) is 1. The van der Waals surface area contributed by atoms with Crippen LogP contribution in [0.5, 0.6) is 11.5 Å². The topological polar surface area (TPSA) is 130 Å². The Balaban J connectivity index is 1.81. The number of benzene rings is 2. The van der Waals surface area contributed by atoms with Crippen molar-refractivity contribution < 1.29 is 19.4 Å². The lowest BCUT2D eigenvalue weighted by Gasteiger charge is -2.15. The minimum Gasteiger partial charge on any atom is -0.493 e. The third kappa shape index (κ3) is 5.08. The van der Waals surface area contributed by atoms with Gasteiger partial charge in [0.15, 0.2) is 11.2 Å². The molecular formula is C26H26N4O5. The van der Waals surface area contributed by atoms with Gasteiger partial charge in [-0.25, -0.2) is 14.8 Å². The summed E-state index contributed by atoms with van der Waals surface area (Å²) in [6, 6.07) is 11.2. The van der Waals surface area contributed by atoms with Crippen LogP contribution < -0.4 is 15.0 Å². The Labute approximate surface area is 201 Å². The van der Waals surface area contributed by atoms with Gasteiger partial charge in [0.05, 0.1) is 24.6 Å². The van der Waals surface area contributed by atoms with Crippen LogP contribution in [0.1, 0.15) is 33.3 Å². The lowest BCUT2D eigenvalue weighted by molar-refractivity contribution is -0.132. The molecule has 0 aliphatic rings. The predicted octanol–water partition coefficient (Wildman–Crippen LogP) is 4.65. The molecule has 0 saturated carbocycles. The normalized spacial score (nSPS) is 11.7. The lowest BCUT2D eigenvalue weighted by atomic mass is 9.99. The summed E-state index contributed by atoms with van der Waals surface area (Å²) in [6.45, 7) is 7.66. The molecule has 2 aromatic heterocycles. The molecule has 2 heterocycles. The van der Waals surface area contributed by atoms with Gasteiger partial charge in [0.1, 0.15) is 17.3 Å². The number of imidazole rings is 1. The van der Waals surface area contributed by atoms with Gasteiger partial charge in [-0.1, -0.05) is 12.1 Å². The summed E-state index contributed by atoms with van der Waals surface area (Å²) in [4.78, 5) is 37.9. The average molecular weight is 475 g/mol. The molecule has 0 amide bonds. The molecule has 0 bridgehead atoms. The van der Waals surface area contributed by atoms with Crippen LogP contribution in [-0.4, -0.2) is 43.7 Å². The van der Waals surface area contributed by atoms with Gasteiger partial charge < -0.3 is 24.5 Å². The van der Waals surface area contributed by atoms with Gasteiger partial charge in [0.25, 0.3) is 5.56 Å². The molecular weight excluding hydrogens is 448 g/mol. The highest BCUT2D eigenvalue weighted by molar-refractivity contribution is 5.92. The van der Waals surface area contributed by atoms with Gasteiger partial charge in [-0.3, -0.25) is 4.79 Å². The maximum absolute atomic E-state index is 12.4. The third-order valence-corrected chi connectivity index (χ3v) is 5.25. The van der Waals surface area contributed by atoms with Crippen molar-refractivity contribution in [1.82, 2.24) is 19.9 Å². The SMILES string of the molecule is CCOc1cc(-c2ccc(OC(C)C)c(/C=C(\C)C(=O)O)c2)ccc1-c1nc2nc[nH]c2c(=O)[nH]1. The number of nitrogens with one attached hydrogen (secondary N) is 2. The second-order valence-electron chi connectivity index (χ2n) is 8.21. The van der Waals surface area contributed by atoms with Gasteiger partial charge in [-0.05, 0) is 69.2 Å². The molecule has 3 N–H and O–H groups in total. The van der Waals surface area contributed by atoms with Crippen LogP contribution in [0.2, 0.25) is 0 Å². The van der Waals surface area contributed by atoms with Crippen LogP contribution in [0.3, 0.4) is 0 Å². The second-order valence-corrected chi connectivity index (χ2v) is 8.21. The van der Waals surface area contributed by atoms with Gasteiger partial charge in [0, 0.05) is 11.1 Å². The van der Waals surface area contributed by atoms with Crippen LogP contribution >= 0.6 is 0 Å². The van der Waals surface area contributed by atoms with E-state index in [4.69, 9.17) is 9.47 Å². The van der Waals surface area contributed by atoms with Crippen molar-refractivity contribution in [2.45, 2.75) is 33.8 Å². The Morgan fingerprint density at radius 3 is 2.60 bits per heavy atom. The monoisotopic (exact) mass is 474 g/mol. The number of aromatic nitrogens is 4. The number of carboxylic acids is 1. The molecule has 35 heavy (non-hydrogen) atoms.